The Kier molecular flexibility index (Phi) is 3.61. The highest BCUT2D eigenvalue weighted by atomic mass is 35.5. The minimum atomic E-state index is -0.164. The van der Waals surface area contributed by atoms with Gasteiger partial charge in [0.25, 0.3) is 0 Å². The van der Waals surface area contributed by atoms with Gasteiger partial charge in [-0.1, -0.05) is 18.5 Å². The average Bonchev–Trinajstić information content (AvgIpc) is 2.19. The largest absolute Gasteiger partial charge is 0.504 e. The number of benzene rings is 1. The van der Waals surface area contributed by atoms with E-state index in [0.717, 1.165) is 0 Å². The van der Waals surface area contributed by atoms with Crippen LogP contribution in [-0.4, -0.2) is 23.9 Å². The molecule has 1 unspecified atom stereocenters. The van der Waals surface area contributed by atoms with E-state index in [-0.39, 0.29) is 18.3 Å². The summed E-state index contributed by atoms with van der Waals surface area (Å²) in [5.41, 5.74) is 0.594. The number of aliphatic hydroxyl groups excluding tert-OH is 1. The van der Waals surface area contributed by atoms with Crippen LogP contribution in [0.25, 0.3) is 0 Å². The van der Waals surface area contributed by atoms with Gasteiger partial charge in [-0.05, 0) is 6.07 Å². The predicted octanol–water partition coefficient (Wildman–Crippen LogP) is 2.15. The summed E-state index contributed by atoms with van der Waals surface area (Å²) >= 11 is 5.83. The smallest absolute Gasteiger partial charge is 0.162 e. The van der Waals surface area contributed by atoms with E-state index in [1.165, 1.54) is 13.2 Å². The Morgan fingerprint density at radius 2 is 2.14 bits per heavy atom. The van der Waals surface area contributed by atoms with Crippen molar-refractivity contribution in [3.63, 3.8) is 0 Å². The first-order valence-electron chi connectivity index (χ1n) is 4.27. The zero-order valence-corrected chi connectivity index (χ0v) is 8.88. The number of methoxy groups -OCH3 is 1. The number of phenolic OH excluding ortho intramolecular Hbond substituents is 1. The van der Waals surface area contributed by atoms with Crippen molar-refractivity contribution in [2.24, 2.45) is 0 Å². The number of aliphatic hydroxyl groups is 1. The van der Waals surface area contributed by atoms with Gasteiger partial charge in [0, 0.05) is 29.2 Å². The minimum absolute atomic E-state index is 0.0402. The van der Waals surface area contributed by atoms with Gasteiger partial charge in [-0.2, -0.15) is 0 Å². The Morgan fingerprint density at radius 3 is 2.64 bits per heavy atom. The van der Waals surface area contributed by atoms with E-state index in [4.69, 9.17) is 21.4 Å². The molecule has 0 radical (unpaired) electrons. The van der Waals surface area contributed by atoms with E-state index >= 15 is 0 Å². The first-order chi connectivity index (χ1) is 6.60. The summed E-state index contributed by atoms with van der Waals surface area (Å²) in [7, 11) is 1.46. The number of aromatic hydroxyl groups is 1. The number of rotatable bonds is 3. The lowest BCUT2D eigenvalue weighted by Gasteiger charge is -2.13. The first kappa shape index (κ1) is 11.1. The lowest BCUT2D eigenvalue weighted by atomic mass is 10.0. The standard InChI is InChI=1S/C10H13ClO3/c1-6(5-12)8-3-7(11)4-9(14-2)10(8)13/h3-4,6,12-13H,5H2,1-2H3. The molecular formula is C10H13ClO3. The summed E-state index contributed by atoms with van der Waals surface area (Å²) in [4.78, 5) is 0. The van der Waals surface area contributed by atoms with Crippen molar-refractivity contribution in [3.05, 3.63) is 22.7 Å². The van der Waals surface area contributed by atoms with Crippen LogP contribution in [0.4, 0.5) is 0 Å². The molecule has 0 spiro atoms. The summed E-state index contributed by atoms with van der Waals surface area (Å²) in [6, 6.07) is 3.16. The van der Waals surface area contributed by atoms with Crippen LogP contribution in [0.5, 0.6) is 11.5 Å². The Morgan fingerprint density at radius 1 is 1.50 bits per heavy atom. The van der Waals surface area contributed by atoms with Crippen molar-refractivity contribution in [2.75, 3.05) is 13.7 Å². The fourth-order valence-corrected chi connectivity index (χ4v) is 1.44. The summed E-state index contributed by atoms with van der Waals surface area (Å²) in [5.74, 6) is 0.203. The molecule has 3 nitrogen and oxygen atoms in total. The molecule has 0 saturated heterocycles. The average molecular weight is 217 g/mol. The van der Waals surface area contributed by atoms with Gasteiger partial charge in [-0.25, -0.2) is 0 Å². The third kappa shape index (κ3) is 2.11. The lowest BCUT2D eigenvalue weighted by Crippen LogP contribution is -2.00. The Labute approximate surface area is 87.9 Å². The van der Waals surface area contributed by atoms with E-state index in [0.29, 0.717) is 16.3 Å². The van der Waals surface area contributed by atoms with Crippen molar-refractivity contribution < 1.29 is 14.9 Å². The third-order valence-electron chi connectivity index (χ3n) is 2.09. The normalized spacial score (nSPS) is 12.6. The van der Waals surface area contributed by atoms with Gasteiger partial charge in [-0.15, -0.1) is 0 Å². The van der Waals surface area contributed by atoms with E-state index in [1.54, 1.807) is 13.0 Å². The number of phenols is 1. The van der Waals surface area contributed by atoms with Crippen molar-refractivity contribution in [3.8, 4) is 11.5 Å². The van der Waals surface area contributed by atoms with Crippen LogP contribution in [0.2, 0.25) is 5.02 Å². The molecule has 0 aliphatic rings. The second-order valence-corrected chi connectivity index (χ2v) is 3.57. The van der Waals surface area contributed by atoms with E-state index < -0.39 is 0 Å². The lowest BCUT2D eigenvalue weighted by molar-refractivity contribution is 0.269. The molecule has 1 aromatic carbocycles. The second-order valence-electron chi connectivity index (χ2n) is 3.13. The predicted molar refractivity (Wildman–Crippen MR) is 55.2 cm³/mol. The fourth-order valence-electron chi connectivity index (χ4n) is 1.22. The molecule has 0 heterocycles. The highest BCUT2D eigenvalue weighted by Gasteiger charge is 2.14. The molecule has 1 atom stereocenters. The molecule has 1 rings (SSSR count). The van der Waals surface area contributed by atoms with Crippen molar-refractivity contribution in [1.82, 2.24) is 0 Å². The Balaban J connectivity index is 3.21. The molecule has 2 N–H and O–H groups in total. The van der Waals surface area contributed by atoms with E-state index in [2.05, 4.69) is 0 Å². The molecule has 0 aromatic heterocycles. The maximum atomic E-state index is 9.72. The number of hydrogen-bond donors (Lipinski definition) is 2. The van der Waals surface area contributed by atoms with Crippen molar-refractivity contribution >= 4 is 11.6 Å². The molecule has 78 valence electrons. The quantitative estimate of drug-likeness (QED) is 0.814. The molecule has 0 aliphatic carbocycles. The third-order valence-corrected chi connectivity index (χ3v) is 2.31. The van der Waals surface area contributed by atoms with Gasteiger partial charge in [0.15, 0.2) is 11.5 Å². The first-order valence-corrected chi connectivity index (χ1v) is 4.65. The molecule has 14 heavy (non-hydrogen) atoms. The van der Waals surface area contributed by atoms with Gasteiger partial charge in [0.2, 0.25) is 0 Å². The van der Waals surface area contributed by atoms with E-state index in [1.807, 2.05) is 0 Å². The molecule has 4 heteroatoms. The molecule has 0 fully saturated rings. The topological polar surface area (TPSA) is 49.7 Å². The summed E-state index contributed by atoms with van der Waals surface area (Å²) in [5, 5.41) is 19.2. The van der Waals surface area contributed by atoms with Crippen molar-refractivity contribution in [1.29, 1.82) is 0 Å². The van der Waals surface area contributed by atoms with Gasteiger partial charge < -0.3 is 14.9 Å². The maximum absolute atomic E-state index is 9.72. The molecular weight excluding hydrogens is 204 g/mol. The van der Waals surface area contributed by atoms with Crippen LogP contribution in [0.1, 0.15) is 18.4 Å². The van der Waals surface area contributed by atoms with Crippen LogP contribution in [-0.2, 0) is 0 Å². The molecule has 0 aliphatic heterocycles. The minimum Gasteiger partial charge on any atom is -0.504 e. The summed E-state index contributed by atoms with van der Waals surface area (Å²) in [6.45, 7) is 1.75. The van der Waals surface area contributed by atoms with Crippen LogP contribution in [0.3, 0.4) is 0 Å². The van der Waals surface area contributed by atoms with Gasteiger partial charge >= 0.3 is 0 Å². The van der Waals surface area contributed by atoms with Gasteiger partial charge in [0.1, 0.15) is 0 Å². The SMILES string of the molecule is COc1cc(Cl)cc(C(C)CO)c1O. The Hall–Kier alpha value is -0.930. The summed E-state index contributed by atoms with van der Waals surface area (Å²) < 4.78 is 4.95. The second kappa shape index (κ2) is 4.53. The highest BCUT2D eigenvalue weighted by Crippen LogP contribution is 2.37. The number of halogens is 1. The zero-order valence-electron chi connectivity index (χ0n) is 8.12. The monoisotopic (exact) mass is 216 g/mol. The zero-order chi connectivity index (χ0) is 10.7. The van der Waals surface area contributed by atoms with Crippen LogP contribution in [0.15, 0.2) is 12.1 Å². The number of ether oxygens (including phenoxy) is 1. The summed E-state index contributed by atoms with van der Waals surface area (Å²) in [6.07, 6.45) is 0. The van der Waals surface area contributed by atoms with Gasteiger partial charge in [-0.3, -0.25) is 0 Å². The van der Waals surface area contributed by atoms with E-state index in [9.17, 15) is 5.11 Å². The maximum Gasteiger partial charge on any atom is 0.162 e. The fraction of sp³-hybridized carbons (Fsp3) is 0.400. The molecule has 1 aromatic rings. The van der Waals surface area contributed by atoms with Gasteiger partial charge in [0.05, 0.1) is 7.11 Å². The number of hydrogen-bond acceptors (Lipinski definition) is 3. The van der Waals surface area contributed by atoms with Crippen LogP contribution >= 0.6 is 11.6 Å². The highest BCUT2D eigenvalue weighted by molar-refractivity contribution is 6.30. The molecule has 0 amide bonds. The van der Waals surface area contributed by atoms with Crippen molar-refractivity contribution in [2.45, 2.75) is 12.8 Å². The molecule has 0 saturated carbocycles. The molecule has 0 bridgehead atoms. The Bertz CT molecular complexity index is 325. The van der Waals surface area contributed by atoms with Crippen LogP contribution < -0.4 is 4.74 Å². The van der Waals surface area contributed by atoms with Crippen LogP contribution in [0, 0.1) is 0 Å².